The summed E-state index contributed by atoms with van der Waals surface area (Å²) in [5.74, 6) is 1.31. The number of nitrogens with zero attached hydrogens (tertiary/aromatic N) is 2. The first-order valence-corrected chi connectivity index (χ1v) is 6.44. The van der Waals surface area contributed by atoms with Crippen LogP contribution >= 0.6 is 0 Å². The molecule has 2 fully saturated rings. The second-order valence-corrected chi connectivity index (χ2v) is 5.36. The Morgan fingerprint density at radius 3 is 2.44 bits per heavy atom. The molecule has 1 aliphatic carbocycles. The number of piperazine rings is 1. The van der Waals surface area contributed by atoms with E-state index < -0.39 is 0 Å². The molecule has 0 radical (unpaired) electrons. The Morgan fingerprint density at radius 2 is 1.94 bits per heavy atom. The molecule has 0 aromatic carbocycles. The Kier molecular flexibility index (Phi) is 3.82. The monoisotopic (exact) mass is 224 g/mol. The van der Waals surface area contributed by atoms with Crippen molar-refractivity contribution < 1.29 is 0 Å². The minimum atomic E-state index is 0.313. The van der Waals surface area contributed by atoms with Gasteiger partial charge < -0.3 is 10.6 Å². The topological polar surface area (TPSA) is 56.4 Å². The van der Waals surface area contributed by atoms with Crippen molar-refractivity contribution in [2.45, 2.75) is 32.2 Å². The van der Waals surface area contributed by atoms with Crippen LogP contribution in [0.3, 0.4) is 0 Å². The van der Waals surface area contributed by atoms with Crippen molar-refractivity contribution in [3.8, 4) is 0 Å². The van der Waals surface area contributed by atoms with E-state index in [1.807, 2.05) is 0 Å². The highest BCUT2D eigenvalue weighted by atomic mass is 15.3. The van der Waals surface area contributed by atoms with Crippen LogP contribution in [0.25, 0.3) is 0 Å². The van der Waals surface area contributed by atoms with Crippen LogP contribution in [0.4, 0.5) is 0 Å². The fourth-order valence-corrected chi connectivity index (χ4v) is 2.50. The summed E-state index contributed by atoms with van der Waals surface area (Å²) < 4.78 is 0. The minimum absolute atomic E-state index is 0.313. The van der Waals surface area contributed by atoms with Gasteiger partial charge in [0.2, 0.25) is 0 Å². The zero-order valence-corrected chi connectivity index (χ0v) is 10.3. The van der Waals surface area contributed by atoms with E-state index in [0.717, 1.165) is 19.0 Å². The number of nitrogens with two attached hydrogens (primary N) is 1. The molecule has 1 unspecified atom stereocenters. The lowest BCUT2D eigenvalue weighted by Gasteiger charge is -2.38. The lowest BCUT2D eigenvalue weighted by molar-refractivity contribution is 0.101. The summed E-state index contributed by atoms with van der Waals surface area (Å²) in [4.78, 5) is 5.06. The van der Waals surface area contributed by atoms with Crippen molar-refractivity contribution >= 4 is 5.84 Å². The van der Waals surface area contributed by atoms with Crippen molar-refractivity contribution in [2.24, 2.45) is 11.7 Å². The van der Waals surface area contributed by atoms with E-state index >= 15 is 0 Å². The van der Waals surface area contributed by atoms with Gasteiger partial charge in [0, 0.05) is 45.2 Å². The molecule has 1 aliphatic heterocycles. The van der Waals surface area contributed by atoms with Gasteiger partial charge in [-0.2, -0.15) is 0 Å². The van der Waals surface area contributed by atoms with E-state index in [4.69, 9.17) is 11.1 Å². The van der Waals surface area contributed by atoms with E-state index in [1.54, 1.807) is 0 Å². The van der Waals surface area contributed by atoms with Crippen LogP contribution in [0, 0.1) is 11.3 Å². The summed E-state index contributed by atoms with van der Waals surface area (Å²) in [6, 6.07) is 0.431. The zero-order chi connectivity index (χ0) is 11.5. The van der Waals surface area contributed by atoms with Crippen molar-refractivity contribution in [3.63, 3.8) is 0 Å². The fourth-order valence-electron chi connectivity index (χ4n) is 2.50. The van der Waals surface area contributed by atoms with Crippen molar-refractivity contribution in [1.29, 1.82) is 5.41 Å². The van der Waals surface area contributed by atoms with E-state index in [2.05, 4.69) is 16.7 Å². The molecule has 2 rings (SSSR count). The minimum Gasteiger partial charge on any atom is -0.388 e. The smallest absolute Gasteiger partial charge is 0.0920 e. The van der Waals surface area contributed by atoms with Gasteiger partial charge in [0.05, 0.1) is 5.84 Å². The maximum absolute atomic E-state index is 7.32. The maximum Gasteiger partial charge on any atom is 0.0920 e. The van der Waals surface area contributed by atoms with Gasteiger partial charge in [-0.1, -0.05) is 0 Å². The van der Waals surface area contributed by atoms with Gasteiger partial charge in [-0.3, -0.25) is 10.3 Å². The number of hydrogen-bond donors (Lipinski definition) is 2. The van der Waals surface area contributed by atoms with Crippen molar-refractivity contribution in [2.75, 3.05) is 32.7 Å². The number of amidine groups is 1. The van der Waals surface area contributed by atoms with Crippen LogP contribution in [0.1, 0.15) is 26.2 Å². The van der Waals surface area contributed by atoms with E-state index in [1.165, 1.54) is 32.5 Å². The second-order valence-electron chi connectivity index (χ2n) is 5.36. The molecule has 1 saturated heterocycles. The van der Waals surface area contributed by atoms with Gasteiger partial charge in [-0.05, 0) is 25.7 Å². The fraction of sp³-hybridized carbons (Fsp3) is 0.917. The lowest BCUT2D eigenvalue weighted by atomic mass is 10.1. The van der Waals surface area contributed by atoms with Crippen LogP contribution in [0.2, 0.25) is 0 Å². The normalized spacial score (nSPS) is 25.6. The summed E-state index contributed by atoms with van der Waals surface area (Å²) in [5, 5.41) is 7.32. The highest BCUT2D eigenvalue weighted by Gasteiger charge is 2.27. The summed E-state index contributed by atoms with van der Waals surface area (Å²) in [7, 11) is 0. The first-order valence-electron chi connectivity index (χ1n) is 6.44. The molecular formula is C12H24N4. The van der Waals surface area contributed by atoms with Gasteiger partial charge in [-0.25, -0.2) is 0 Å². The number of hydrogen-bond acceptors (Lipinski definition) is 3. The molecule has 0 aromatic rings. The molecule has 0 amide bonds. The molecule has 4 nitrogen and oxygen atoms in total. The molecule has 0 aromatic heterocycles. The Morgan fingerprint density at radius 1 is 1.31 bits per heavy atom. The Labute approximate surface area is 98.3 Å². The predicted octanol–water partition coefficient (Wildman–Crippen LogP) is 0.729. The summed E-state index contributed by atoms with van der Waals surface area (Å²) in [5.41, 5.74) is 5.45. The molecule has 92 valence electrons. The molecule has 16 heavy (non-hydrogen) atoms. The van der Waals surface area contributed by atoms with Gasteiger partial charge >= 0.3 is 0 Å². The van der Waals surface area contributed by atoms with E-state index in [-0.39, 0.29) is 0 Å². The first kappa shape index (κ1) is 11.9. The highest BCUT2D eigenvalue weighted by Crippen LogP contribution is 2.30. The Bertz CT molecular complexity index is 241. The van der Waals surface area contributed by atoms with Crippen LogP contribution < -0.4 is 5.73 Å². The quantitative estimate of drug-likeness (QED) is 0.534. The molecule has 1 saturated carbocycles. The summed E-state index contributed by atoms with van der Waals surface area (Å²) in [6.07, 6.45) is 3.60. The summed E-state index contributed by atoms with van der Waals surface area (Å²) >= 11 is 0. The predicted molar refractivity (Wildman–Crippen MR) is 66.7 cm³/mol. The Balaban J connectivity index is 1.68. The van der Waals surface area contributed by atoms with Crippen molar-refractivity contribution in [3.05, 3.63) is 0 Å². The molecule has 3 N–H and O–H groups in total. The lowest BCUT2D eigenvalue weighted by Crippen LogP contribution is -2.50. The van der Waals surface area contributed by atoms with Gasteiger partial charge in [0.15, 0.2) is 0 Å². The average Bonchev–Trinajstić information content (AvgIpc) is 3.01. The second kappa shape index (κ2) is 5.15. The van der Waals surface area contributed by atoms with Gasteiger partial charge in [0.1, 0.15) is 0 Å². The SMILES string of the molecule is CC(CC(=N)N)N1CCN(CC2CC2)CC1. The Hall–Kier alpha value is -0.610. The summed E-state index contributed by atoms with van der Waals surface area (Å²) in [6.45, 7) is 8.16. The van der Waals surface area contributed by atoms with Crippen LogP contribution in [-0.2, 0) is 0 Å². The third-order valence-corrected chi connectivity index (χ3v) is 3.76. The van der Waals surface area contributed by atoms with Gasteiger partial charge in [0.25, 0.3) is 0 Å². The average molecular weight is 224 g/mol. The molecule has 1 atom stereocenters. The molecular weight excluding hydrogens is 200 g/mol. The van der Waals surface area contributed by atoms with E-state index in [0.29, 0.717) is 18.3 Å². The van der Waals surface area contributed by atoms with Crippen LogP contribution in [0.5, 0.6) is 0 Å². The molecule has 2 aliphatic rings. The third kappa shape index (κ3) is 3.46. The highest BCUT2D eigenvalue weighted by molar-refractivity contribution is 5.77. The molecule has 1 heterocycles. The largest absolute Gasteiger partial charge is 0.388 e. The number of nitrogens with one attached hydrogen (secondary N) is 1. The van der Waals surface area contributed by atoms with Crippen molar-refractivity contribution in [1.82, 2.24) is 9.80 Å². The molecule has 0 spiro atoms. The van der Waals surface area contributed by atoms with E-state index in [9.17, 15) is 0 Å². The third-order valence-electron chi connectivity index (χ3n) is 3.76. The first-order chi connectivity index (χ1) is 7.65. The van der Waals surface area contributed by atoms with Crippen LogP contribution in [0.15, 0.2) is 0 Å². The standard InChI is InChI=1S/C12H24N4/c1-10(8-12(13)14)16-6-4-15(5-7-16)9-11-2-3-11/h10-11H,2-9H2,1H3,(H3,13,14). The number of rotatable bonds is 5. The van der Waals surface area contributed by atoms with Crippen LogP contribution in [-0.4, -0.2) is 54.4 Å². The zero-order valence-electron chi connectivity index (χ0n) is 10.3. The maximum atomic E-state index is 7.32. The molecule has 4 heteroatoms. The van der Waals surface area contributed by atoms with Gasteiger partial charge in [-0.15, -0.1) is 0 Å². The molecule has 0 bridgehead atoms.